The average molecular weight is 251 g/mol. The molecule has 0 radical (unpaired) electrons. The van der Waals surface area contributed by atoms with Gasteiger partial charge in [-0.1, -0.05) is 29.7 Å². The van der Waals surface area contributed by atoms with Crippen molar-refractivity contribution in [2.24, 2.45) is 28.7 Å². The number of benzene rings is 1. The minimum Gasteiger partial charge on any atom is -0.289 e. The van der Waals surface area contributed by atoms with E-state index in [-0.39, 0.29) is 0 Å². The number of nitrogens with zero attached hydrogens (tertiary/aromatic N) is 1. The lowest BCUT2D eigenvalue weighted by atomic mass is 9.54. The quantitative estimate of drug-likeness (QED) is 0.564. The minimum absolute atomic E-state index is 0.633. The van der Waals surface area contributed by atoms with Crippen LogP contribution in [0.25, 0.3) is 0 Å². The van der Waals surface area contributed by atoms with Crippen LogP contribution in [0.15, 0.2) is 29.3 Å². The van der Waals surface area contributed by atoms with Gasteiger partial charge in [0, 0.05) is 6.21 Å². The highest BCUT2D eigenvalue weighted by molar-refractivity contribution is 6.32. The molecule has 1 aromatic carbocycles. The SMILES string of the molecule is Bc1cccc(/C=N/C2C3CC4CC(C3)CC2C4)c1. The predicted octanol–water partition coefficient (Wildman–Crippen LogP) is 2.19. The van der Waals surface area contributed by atoms with Crippen LogP contribution in [-0.2, 0) is 0 Å². The summed E-state index contributed by atoms with van der Waals surface area (Å²) in [6, 6.07) is 9.33. The highest BCUT2D eigenvalue weighted by Crippen LogP contribution is 2.54. The van der Waals surface area contributed by atoms with Crippen molar-refractivity contribution in [2.45, 2.75) is 38.1 Å². The van der Waals surface area contributed by atoms with Crippen molar-refractivity contribution in [3.8, 4) is 0 Å². The van der Waals surface area contributed by atoms with Gasteiger partial charge in [-0.05, 0) is 61.3 Å². The first kappa shape index (κ1) is 11.8. The molecule has 0 N–H and O–H groups in total. The Bertz CT molecular complexity index is 480. The molecule has 4 aliphatic carbocycles. The molecule has 4 fully saturated rings. The summed E-state index contributed by atoms with van der Waals surface area (Å²) in [5.74, 6) is 3.90. The van der Waals surface area contributed by atoms with Gasteiger partial charge in [0.25, 0.3) is 0 Å². The maximum absolute atomic E-state index is 5.01. The van der Waals surface area contributed by atoms with E-state index in [0.29, 0.717) is 6.04 Å². The smallest absolute Gasteiger partial charge is 0.139 e. The third-order valence-electron chi connectivity index (χ3n) is 5.61. The molecule has 0 atom stereocenters. The van der Waals surface area contributed by atoms with Gasteiger partial charge < -0.3 is 0 Å². The standard InChI is InChI=1S/C17H22BN/c18-16-3-1-2-11(9-16)10-19-17-14-5-12-4-13(7-14)8-15(17)6-12/h1-3,9-10,12-15,17H,4-8,18H2/b19-10+. The molecule has 2 heteroatoms. The second kappa shape index (κ2) is 4.50. The number of hydrogen-bond donors (Lipinski definition) is 0. The fourth-order valence-electron chi connectivity index (χ4n) is 5.06. The van der Waals surface area contributed by atoms with Crippen molar-refractivity contribution in [2.75, 3.05) is 0 Å². The molecular weight excluding hydrogens is 229 g/mol. The predicted molar refractivity (Wildman–Crippen MR) is 83.0 cm³/mol. The van der Waals surface area contributed by atoms with E-state index in [9.17, 15) is 0 Å². The molecule has 98 valence electrons. The molecule has 0 amide bonds. The van der Waals surface area contributed by atoms with Crippen LogP contribution in [0.4, 0.5) is 0 Å². The van der Waals surface area contributed by atoms with Gasteiger partial charge in [-0.15, -0.1) is 0 Å². The molecule has 4 bridgehead atoms. The lowest BCUT2D eigenvalue weighted by Gasteiger charge is -2.53. The van der Waals surface area contributed by atoms with Crippen LogP contribution in [0.3, 0.4) is 0 Å². The molecule has 19 heavy (non-hydrogen) atoms. The number of rotatable bonds is 2. The number of hydrogen-bond acceptors (Lipinski definition) is 1. The van der Waals surface area contributed by atoms with E-state index in [0.717, 1.165) is 23.7 Å². The first-order valence-corrected chi connectivity index (χ1v) is 7.88. The Morgan fingerprint density at radius 3 is 2.32 bits per heavy atom. The zero-order valence-corrected chi connectivity index (χ0v) is 11.8. The molecule has 5 rings (SSSR count). The highest BCUT2D eigenvalue weighted by Gasteiger charge is 2.47. The fraction of sp³-hybridized carbons (Fsp3) is 0.588. The fourth-order valence-corrected chi connectivity index (χ4v) is 5.06. The van der Waals surface area contributed by atoms with Crippen molar-refractivity contribution in [3.63, 3.8) is 0 Å². The summed E-state index contributed by atoms with van der Waals surface area (Å²) >= 11 is 0. The van der Waals surface area contributed by atoms with Crippen molar-refractivity contribution < 1.29 is 0 Å². The van der Waals surface area contributed by atoms with E-state index in [1.807, 2.05) is 0 Å². The number of aliphatic imine (C=N–C) groups is 1. The maximum Gasteiger partial charge on any atom is 0.139 e. The Kier molecular flexibility index (Phi) is 2.79. The van der Waals surface area contributed by atoms with Gasteiger partial charge in [0.1, 0.15) is 7.85 Å². The van der Waals surface area contributed by atoms with E-state index < -0.39 is 0 Å². The first-order valence-electron chi connectivity index (χ1n) is 7.88. The molecular formula is C17H22BN. The Balaban J connectivity index is 1.54. The van der Waals surface area contributed by atoms with Gasteiger partial charge in [0.15, 0.2) is 0 Å². The van der Waals surface area contributed by atoms with Gasteiger partial charge in [-0.25, -0.2) is 0 Å². The van der Waals surface area contributed by atoms with Gasteiger partial charge >= 0.3 is 0 Å². The Morgan fingerprint density at radius 1 is 1.00 bits per heavy atom. The minimum atomic E-state index is 0.633. The van der Waals surface area contributed by atoms with E-state index >= 15 is 0 Å². The van der Waals surface area contributed by atoms with Crippen LogP contribution < -0.4 is 5.46 Å². The summed E-state index contributed by atoms with van der Waals surface area (Å²) in [6.07, 6.45) is 9.51. The van der Waals surface area contributed by atoms with Crippen LogP contribution >= 0.6 is 0 Å². The highest BCUT2D eigenvalue weighted by atomic mass is 14.8. The van der Waals surface area contributed by atoms with E-state index in [2.05, 4.69) is 38.3 Å². The van der Waals surface area contributed by atoms with Crippen molar-refractivity contribution >= 4 is 19.5 Å². The maximum atomic E-state index is 5.01. The molecule has 0 heterocycles. The van der Waals surface area contributed by atoms with E-state index in [1.54, 1.807) is 0 Å². The van der Waals surface area contributed by atoms with Crippen LogP contribution in [-0.4, -0.2) is 20.1 Å². The van der Waals surface area contributed by atoms with Gasteiger partial charge in [0.05, 0.1) is 6.04 Å². The second-order valence-corrected chi connectivity index (χ2v) is 7.11. The van der Waals surface area contributed by atoms with Crippen molar-refractivity contribution in [3.05, 3.63) is 29.8 Å². The molecule has 0 saturated heterocycles. The van der Waals surface area contributed by atoms with Gasteiger partial charge in [-0.2, -0.15) is 0 Å². The van der Waals surface area contributed by atoms with Gasteiger partial charge in [0.2, 0.25) is 0 Å². The normalized spacial score (nSPS) is 40.1. The van der Waals surface area contributed by atoms with Gasteiger partial charge in [-0.3, -0.25) is 4.99 Å². The Labute approximate surface area is 116 Å². The van der Waals surface area contributed by atoms with Crippen LogP contribution in [0, 0.1) is 23.7 Å². The molecule has 0 aromatic heterocycles. The lowest BCUT2D eigenvalue weighted by Crippen LogP contribution is -2.47. The average Bonchev–Trinajstić information content (AvgIpc) is 2.37. The molecule has 0 aliphatic heterocycles. The summed E-state index contributed by atoms with van der Waals surface area (Å²) in [5, 5.41) is 0. The summed E-state index contributed by atoms with van der Waals surface area (Å²) in [7, 11) is 2.15. The van der Waals surface area contributed by atoms with Crippen molar-refractivity contribution in [1.29, 1.82) is 0 Å². The van der Waals surface area contributed by atoms with Crippen molar-refractivity contribution in [1.82, 2.24) is 0 Å². The molecule has 0 spiro atoms. The van der Waals surface area contributed by atoms with Crippen LogP contribution in [0.1, 0.15) is 37.7 Å². The summed E-state index contributed by atoms with van der Waals surface area (Å²) in [4.78, 5) is 5.01. The zero-order chi connectivity index (χ0) is 12.8. The Morgan fingerprint density at radius 2 is 1.68 bits per heavy atom. The Hall–Kier alpha value is -1.05. The topological polar surface area (TPSA) is 12.4 Å². The molecule has 0 unspecified atom stereocenters. The van der Waals surface area contributed by atoms with E-state index in [1.165, 1.54) is 43.1 Å². The summed E-state index contributed by atoms with van der Waals surface area (Å²) in [5.41, 5.74) is 2.60. The summed E-state index contributed by atoms with van der Waals surface area (Å²) in [6.45, 7) is 0. The largest absolute Gasteiger partial charge is 0.289 e. The first-order chi connectivity index (χ1) is 9.28. The monoisotopic (exact) mass is 251 g/mol. The molecule has 4 saturated carbocycles. The third kappa shape index (κ3) is 2.15. The summed E-state index contributed by atoms with van der Waals surface area (Å²) < 4.78 is 0. The lowest BCUT2D eigenvalue weighted by molar-refractivity contribution is 0.00146. The van der Waals surface area contributed by atoms with Crippen LogP contribution in [0.5, 0.6) is 0 Å². The molecule has 1 aromatic rings. The second-order valence-electron chi connectivity index (χ2n) is 7.11. The molecule has 4 aliphatic rings. The zero-order valence-electron chi connectivity index (χ0n) is 11.8. The van der Waals surface area contributed by atoms with Crippen LogP contribution in [0.2, 0.25) is 0 Å². The molecule has 1 nitrogen and oxygen atoms in total. The third-order valence-corrected chi connectivity index (χ3v) is 5.61. The van der Waals surface area contributed by atoms with E-state index in [4.69, 9.17) is 4.99 Å².